The highest BCUT2D eigenvalue weighted by Crippen LogP contribution is 2.26. The zero-order valence-electron chi connectivity index (χ0n) is 16.1. The molecule has 0 unspecified atom stereocenters. The summed E-state index contributed by atoms with van der Waals surface area (Å²) in [5.41, 5.74) is 2.87. The van der Waals surface area contributed by atoms with E-state index in [0.29, 0.717) is 54.6 Å². The summed E-state index contributed by atoms with van der Waals surface area (Å²) in [5.74, 6) is 0.0998. The fourth-order valence-corrected chi connectivity index (χ4v) is 3.27. The third-order valence-corrected chi connectivity index (χ3v) is 4.83. The minimum Gasteiger partial charge on any atom is -0.378 e. The Hall–Kier alpha value is -3.45. The van der Waals surface area contributed by atoms with Crippen molar-refractivity contribution in [3.8, 4) is 11.3 Å². The summed E-state index contributed by atoms with van der Waals surface area (Å²) in [6.45, 7) is 4.00. The first-order valence-corrected chi connectivity index (χ1v) is 9.43. The van der Waals surface area contributed by atoms with E-state index >= 15 is 0 Å². The number of carbonyl (C=O) groups is 2. The molecule has 3 aromatic rings. The highest BCUT2D eigenvalue weighted by Gasteiger charge is 2.22. The summed E-state index contributed by atoms with van der Waals surface area (Å²) >= 11 is 0. The summed E-state index contributed by atoms with van der Waals surface area (Å²) in [5, 5.41) is 6.90. The van der Waals surface area contributed by atoms with E-state index in [-0.39, 0.29) is 11.8 Å². The molecule has 29 heavy (non-hydrogen) atoms. The number of ether oxygens (including phenoxy) is 1. The van der Waals surface area contributed by atoms with E-state index in [1.54, 1.807) is 36.1 Å². The number of rotatable bonds is 4. The molecule has 2 heterocycles. The molecule has 2 aromatic carbocycles. The average Bonchev–Trinajstić information content (AvgIpc) is 3.16. The molecule has 1 N–H and O–H groups in total. The Labute approximate surface area is 168 Å². The van der Waals surface area contributed by atoms with Crippen molar-refractivity contribution in [2.24, 2.45) is 0 Å². The van der Waals surface area contributed by atoms with Crippen molar-refractivity contribution < 1.29 is 18.8 Å². The van der Waals surface area contributed by atoms with E-state index in [9.17, 15) is 9.59 Å². The van der Waals surface area contributed by atoms with Gasteiger partial charge in [0.15, 0.2) is 0 Å². The van der Waals surface area contributed by atoms with Gasteiger partial charge in [0.1, 0.15) is 17.0 Å². The van der Waals surface area contributed by atoms with Gasteiger partial charge in [-0.05, 0) is 31.2 Å². The summed E-state index contributed by atoms with van der Waals surface area (Å²) in [4.78, 5) is 27.2. The molecule has 0 spiro atoms. The number of nitrogens with zero attached hydrogens (tertiary/aromatic N) is 2. The second kappa shape index (κ2) is 8.28. The van der Waals surface area contributed by atoms with Gasteiger partial charge in [-0.2, -0.15) is 0 Å². The van der Waals surface area contributed by atoms with Gasteiger partial charge in [-0.3, -0.25) is 9.59 Å². The lowest BCUT2D eigenvalue weighted by Gasteiger charge is -2.26. The van der Waals surface area contributed by atoms with Gasteiger partial charge in [-0.25, -0.2) is 0 Å². The van der Waals surface area contributed by atoms with Gasteiger partial charge >= 0.3 is 0 Å². The Kier molecular flexibility index (Phi) is 5.39. The third-order valence-electron chi connectivity index (χ3n) is 4.83. The maximum absolute atomic E-state index is 12.9. The van der Waals surface area contributed by atoms with Crippen molar-refractivity contribution in [3.63, 3.8) is 0 Å². The quantitative estimate of drug-likeness (QED) is 0.737. The molecule has 0 bridgehead atoms. The molecule has 1 aromatic heterocycles. The lowest BCUT2D eigenvalue weighted by atomic mass is 10.1. The van der Waals surface area contributed by atoms with Crippen LogP contribution in [-0.2, 0) is 4.74 Å². The molecule has 7 heteroatoms. The number of hydrogen-bond acceptors (Lipinski definition) is 5. The number of anilines is 1. The predicted molar refractivity (Wildman–Crippen MR) is 108 cm³/mol. The number of amides is 2. The van der Waals surface area contributed by atoms with E-state index in [0.717, 1.165) is 5.56 Å². The van der Waals surface area contributed by atoms with Crippen LogP contribution in [0, 0.1) is 6.92 Å². The van der Waals surface area contributed by atoms with Crippen LogP contribution in [0.5, 0.6) is 0 Å². The number of carbonyl (C=O) groups excluding carboxylic acids is 2. The molecule has 0 radical (unpaired) electrons. The maximum Gasteiger partial charge on any atom is 0.261 e. The van der Waals surface area contributed by atoms with Gasteiger partial charge in [-0.1, -0.05) is 35.5 Å². The van der Waals surface area contributed by atoms with Gasteiger partial charge in [0.2, 0.25) is 0 Å². The number of nitrogens with one attached hydrogen (secondary N) is 1. The van der Waals surface area contributed by atoms with Crippen LogP contribution in [-0.4, -0.2) is 48.2 Å². The van der Waals surface area contributed by atoms with Crippen LogP contribution >= 0.6 is 0 Å². The van der Waals surface area contributed by atoms with Gasteiger partial charge in [0, 0.05) is 29.9 Å². The van der Waals surface area contributed by atoms with E-state index in [1.807, 2.05) is 30.3 Å². The minimum absolute atomic E-state index is 0.0348. The van der Waals surface area contributed by atoms with Crippen molar-refractivity contribution in [3.05, 3.63) is 71.5 Å². The molecule has 1 fully saturated rings. The molecule has 4 rings (SSSR count). The molecule has 1 saturated heterocycles. The first-order valence-electron chi connectivity index (χ1n) is 9.43. The second-order valence-electron chi connectivity index (χ2n) is 6.76. The first kappa shape index (κ1) is 18.9. The van der Waals surface area contributed by atoms with Crippen molar-refractivity contribution >= 4 is 17.5 Å². The van der Waals surface area contributed by atoms with Gasteiger partial charge < -0.3 is 19.5 Å². The number of aryl methyl sites for hydroxylation is 1. The molecular formula is C22H21N3O4. The number of hydrogen-bond donors (Lipinski definition) is 1. The summed E-state index contributed by atoms with van der Waals surface area (Å²) < 4.78 is 10.5. The van der Waals surface area contributed by atoms with Crippen LogP contribution in [0.1, 0.15) is 26.5 Å². The fourth-order valence-electron chi connectivity index (χ4n) is 3.27. The maximum atomic E-state index is 12.9. The molecule has 0 saturated carbocycles. The van der Waals surface area contributed by atoms with Crippen LogP contribution in [0.25, 0.3) is 11.3 Å². The number of aromatic nitrogens is 1. The smallest absolute Gasteiger partial charge is 0.261 e. The highest BCUT2D eigenvalue weighted by molar-refractivity contribution is 6.09. The van der Waals surface area contributed by atoms with Crippen LogP contribution in [0.4, 0.5) is 5.69 Å². The van der Waals surface area contributed by atoms with Crippen molar-refractivity contribution in [2.45, 2.75) is 6.92 Å². The molecule has 0 atom stereocenters. The molecule has 2 amide bonds. The normalized spacial score (nSPS) is 13.9. The zero-order valence-corrected chi connectivity index (χ0v) is 16.1. The minimum atomic E-state index is -0.310. The fraction of sp³-hybridized carbons (Fsp3) is 0.227. The van der Waals surface area contributed by atoms with E-state index < -0.39 is 0 Å². The van der Waals surface area contributed by atoms with Crippen LogP contribution in [0.15, 0.2) is 59.1 Å². The Bertz CT molecular complexity index is 1010. The van der Waals surface area contributed by atoms with Crippen LogP contribution in [0.2, 0.25) is 0 Å². The average molecular weight is 391 g/mol. The van der Waals surface area contributed by atoms with Gasteiger partial charge in [-0.15, -0.1) is 0 Å². The number of morpholine rings is 1. The third kappa shape index (κ3) is 4.05. The van der Waals surface area contributed by atoms with E-state index in [2.05, 4.69) is 10.5 Å². The Morgan fingerprint density at radius 3 is 2.38 bits per heavy atom. The molecule has 0 aliphatic carbocycles. The van der Waals surface area contributed by atoms with Crippen molar-refractivity contribution in [2.75, 3.05) is 31.6 Å². The Balaban J connectivity index is 1.50. The largest absolute Gasteiger partial charge is 0.378 e. The summed E-state index contributed by atoms with van der Waals surface area (Å²) in [7, 11) is 0. The van der Waals surface area contributed by atoms with E-state index in [4.69, 9.17) is 9.26 Å². The zero-order chi connectivity index (χ0) is 20.2. The first-order chi connectivity index (χ1) is 14.1. The summed E-state index contributed by atoms with van der Waals surface area (Å²) in [6.07, 6.45) is 0. The SMILES string of the molecule is Cc1onc(-c2ccccc2)c1C(=O)Nc1ccc(C(=O)N2CCOCC2)cc1. The number of benzene rings is 2. The topological polar surface area (TPSA) is 84.7 Å². The van der Waals surface area contributed by atoms with Crippen molar-refractivity contribution in [1.82, 2.24) is 10.1 Å². The molecular weight excluding hydrogens is 370 g/mol. The van der Waals surface area contributed by atoms with E-state index in [1.165, 1.54) is 0 Å². The lowest BCUT2D eigenvalue weighted by molar-refractivity contribution is 0.0303. The van der Waals surface area contributed by atoms with Crippen molar-refractivity contribution in [1.29, 1.82) is 0 Å². The monoisotopic (exact) mass is 391 g/mol. The standard InChI is InChI=1S/C22H21N3O4/c1-15-19(20(24-29-15)16-5-3-2-4-6-16)21(26)23-18-9-7-17(8-10-18)22(27)25-11-13-28-14-12-25/h2-10H,11-14H2,1H3,(H,23,26). The van der Waals surface area contributed by atoms with Crippen LogP contribution in [0.3, 0.4) is 0 Å². The molecule has 7 nitrogen and oxygen atoms in total. The van der Waals surface area contributed by atoms with Gasteiger partial charge in [0.05, 0.1) is 13.2 Å². The highest BCUT2D eigenvalue weighted by atomic mass is 16.5. The predicted octanol–water partition coefficient (Wildman–Crippen LogP) is 3.37. The lowest BCUT2D eigenvalue weighted by Crippen LogP contribution is -2.40. The second-order valence-corrected chi connectivity index (χ2v) is 6.76. The summed E-state index contributed by atoms with van der Waals surface area (Å²) in [6, 6.07) is 16.3. The molecule has 1 aliphatic rings. The Morgan fingerprint density at radius 2 is 1.69 bits per heavy atom. The molecule has 148 valence electrons. The van der Waals surface area contributed by atoms with Gasteiger partial charge in [0.25, 0.3) is 11.8 Å². The molecule has 1 aliphatic heterocycles. The Morgan fingerprint density at radius 1 is 1.00 bits per heavy atom. The van der Waals surface area contributed by atoms with Crippen LogP contribution < -0.4 is 5.32 Å².